The maximum Gasteiger partial charge on any atom is 0.296 e. The molecule has 0 fully saturated rings. The number of methoxy groups -OCH3 is 1. The van der Waals surface area contributed by atoms with Crippen LogP contribution >= 0.6 is 0 Å². The minimum absolute atomic E-state index is 0.108. The molecule has 1 atom stereocenters. The molecule has 38 heavy (non-hydrogen) atoms. The van der Waals surface area contributed by atoms with E-state index in [4.69, 9.17) is 4.74 Å². The summed E-state index contributed by atoms with van der Waals surface area (Å²) in [5, 5.41) is 11.4. The van der Waals surface area contributed by atoms with Crippen LogP contribution in [0.3, 0.4) is 0 Å². The van der Waals surface area contributed by atoms with Gasteiger partial charge in [-0.1, -0.05) is 55.8 Å². The van der Waals surface area contributed by atoms with Gasteiger partial charge >= 0.3 is 0 Å². The Hall–Kier alpha value is -3.89. The minimum atomic E-state index is -4.47. The first kappa shape index (κ1) is 27.2. The van der Waals surface area contributed by atoms with Crippen LogP contribution in [-0.4, -0.2) is 41.8 Å². The zero-order valence-electron chi connectivity index (χ0n) is 21.0. The quantitative estimate of drug-likeness (QED) is 0.316. The number of hydrogen-bond donors (Lipinski definition) is 1. The highest BCUT2D eigenvalue weighted by molar-refractivity contribution is 7.91. The molecule has 0 saturated heterocycles. The Bertz CT molecular complexity index is 1570. The van der Waals surface area contributed by atoms with Crippen molar-refractivity contribution in [1.82, 2.24) is 14.5 Å². The number of nitrogens with zero attached hydrogens (tertiary/aromatic N) is 3. The molecule has 4 rings (SSSR count). The molecular formula is C28H28FN3O5S. The van der Waals surface area contributed by atoms with Crippen molar-refractivity contribution in [2.75, 3.05) is 13.7 Å². The van der Waals surface area contributed by atoms with E-state index in [2.05, 4.69) is 9.97 Å². The molecule has 198 valence electrons. The SMILES string of the molecule is CCCCc1nc(=O)c(S(=O)(=O)c2ccc(-c3cncc(F)c3)cc2)c(O)n1C(COC)c1ccccc1. The first-order valence-electron chi connectivity index (χ1n) is 12.1. The monoisotopic (exact) mass is 537 g/mol. The second kappa shape index (κ2) is 11.7. The lowest BCUT2D eigenvalue weighted by Gasteiger charge is -2.25. The Balaban J connectivity index is 1.86. The number of rotatable bonds is 10. The van der Waals surface area contributed by atoms with E-state index in [0.717, 1.165) is 18.2 Å². The number of hydrogen-bond acceptors (Lipinski definition) is 7. The molecular weight excluding hydrogens is 509 g/mol. The van der Waals surface area contributed by atoms with Gasteiger partial charge in [0.1, 0.15) is 11.6 Å². The number of aryl methyl sites for hydroxylation is 1. The number of aromatic hydroxyl groups is 1. The summed E-state index contributed by atoms with van der Waals surface area (Å²) in [5.41, 5.74) is 0.720. The molecule has 0 saturated carbocycles. The number of unbranched alkanes of at least 4 members (excludes halogenated alkanes) is 1. The summed E-state index contributed by atoms with van der Waals surface area (Å²) in [4.78, 5) is 20.0. The van der Waals surface area contributed by atoms with Crippen LogP contribution in [0, 0.1) is 5.82 Å². The third-order valence-electron chi connectivity index (χ3n) is 6.18. The molecule has 0 aliphatic carbocycles. The molecule has 0 bridgehead atoms. The first-order valence-corrected chi connectivity index (χ1v) is 13.6. The van der Waals surface area contributed by atoms with Crippen LogP contribution in [0.2, 0.25) is 0 Å². The summed E-state index contributed by atoms with van der Waals surface area (Å²) in [6.07, 6.45) is 4.38. The normalized spacial score (nSPS) is 12.4. The number of sulfone groups is 1. The van der Waals surface area contributed by atoms with Crippen molar-refractivity contribution in [2.24, 2.45) is 0 Å². The van der Waals surface area contributed by atoms with Crippen LogP contribution in [-0.2, 0) is 21.0 Å². The third-order valence-corrected chi connectivity index (χ3v) is 7.97. The van der Waals surface area contributed by atoms with Gasteiger partial charge in [-0.2, -0.15) is 4.98 Å². The van der Waals surface area contributed by atoms with Crippen LogP contribution in [0.1, 0.15) is 37.2 Å². The predicted octanol–water partition coefficient (Wildman–Crippen LogP) is 4.56. The predicted molar refractivity (Wildman–Crippen MR) is 140 cm³/mol. The summed E-state index contributed by atoms with van der Waals surface area (Å²) < 4.78 is 47.7. The molecule has 2 aromatic carbocycles. The fraction of sp³-hybridized carbons (Fsp3) is 0.250. The maximum absolute atomic E-state index is 13.7. The molecule has 2 heterocycles. The van der Waals surface area contributed by atoms with Crippen molar-refractivity contribution in [3.05, 3.63) is 101 Å². The highest BCUT2D eigenvalue weighted by Gasteiger charge is 2.32. The van der Waals surface area contributed by atoms with E-state index in [1.54, 1.807) is 0 Å². The molecule has 4 aromatic rings. The van der Waals surface area contributed by atoms with Crippen molar-refractivity contribution in [3.8, 4) is 17.0 Å². The lowest BCUT2D eigenvalue weighted by atomic mass is 10.1. The molecule has 0 amide bonds. The molecule has 0 spiro atoms. The summed E-state index contributed by atoms with van der Waals surface area (Å²) in [5.74, 6) is -0.948. The maximum atomic E-state index is 13.7. The van der Waals surface area contributed by atoms with Crippen LogP contribution < -0.4 is 5.56 Å². The van der Waals surface area contributed by atoms with Crippen molar-refractivity contribution < 1.29 is 22.7 Å². The van der Waals surface area contributed by atoms with Gasteiger partial charge in [-0.3, -0.25) is 14.3 Å². The van der Waals surface area contributed by atoms with Gasteiger partial charge in [0.2, 0.25) is 15.7 Å². The number of aromatic nitrogens is 3. The number of pyridine rings is 1. The first-order chi connectivity index (χ1) is 18.3. The van der Waals surface area contributed by atoms with Gasteiger partial charge in [0.25, 0.3) is 5.56 Å². The lowest BCUT2D eigenvalue weighted by molar-refractivity contribution is 0.161. The van der Waals surface area contributed by atoms with E-state index >= 15 is 0 Å². The summed E-state index contributed by atoms with van der Waals surface area (Å²) >= 11 is 0. The highest BCUT2D eigenvalue weighted by Crippen LogP contribution is 2.33. The van der Waals surface area contributed by atoms with E-state index in [9.17, 15) is 22.7 Å². The smallest absolute Gasteiger partial charge is 0.296 e. The van der Waals surface area contributed by atoms with Gasteiger partial charge in [0, 0.05) is 25.3 Å². The standard InChI is InChI=1S/C28H28FN3O5S/c1-3-4-10-25-31-27(33)26(28(34)32(25)24(18-37-2)20-8-6-5-7-9-20)38(35,36)23-13-11-19(12-14-23)21-15-22(29)17-30-16-21/h5-9,11-17,24,34H,3-4,10,18H2,1-2H3. The van der Waals surface area contributed by atoms with E-state index in [1.807, 2.05) is 37.3 Å². The zero-order chi connectivity index (χ0) is 27.3. The van der Waals surface area contributed by atoms with Crippen LogP contribution in [0.5, 0.6) is 5.88 Å². The Labute approximate surface area is 220 Å². The largest absolute Gasteiger partial charge is 0.493 e. The van der Waals surface area contributed by atoms with Crippen LogP contribution in [0.25, 0.3) is 11.1 Å². The average Bonchev–Trinajstić information content (AvgIpc) is 2.91. The fourth-order valence-corrected chi connectivity index (χ4v) is 5.63. The second-order valence-corrected chi connectivity index (χ2v) is 10.6. The van der Waals surface area contributed by atoms with E-state index in [0.29, 0.717) is 24.0 Å². The van der Waals surface area contributed by atoms with Crippen molar-refractivity contribution >= 4 is 9.84 Å². The molecule has 8 nitrogen and oxygen atoms in total. The Morgan fingerprint density at radius 3 is 2.39 bits per heavy atom. The van der Waals surface area contributed by atoms with Crippen LogP contribution in [0.4, 0.5) is 4.39 Å². The third kappa shape index (κ3) is 5.51. The Kier molecular flexibility index (Phi) is 8.33. The van der Waals surface area contributed by atoms with E-state index < -0.39 is 38.0 Å². The summed E-state index contributed by atoms with van der Waals surface area (Å²) in [6.45, 7) is 2.09. The van der Waals surface area contributed by atoms with E-state index in [-0.39, 0.29) is 17.3 Å². The topological polar surface area (TPSA) is 111 Å². The van der Waals surface area contributed by atoms with Crippen LogP contribution in [0.15, 0.2) is 87.6 Å². The van der Waals surface area contributed by atoms with Gasteiger partial charge in [0.15, 0.2) is 4.90 Å². The zero-order valence-corrected chi connectivity index (χ0v) is 21.9. The van der Waals surface area contributed by atoms with Gasteiger partial charge in [-0.05, 0) is 35.7 Å². The number of halogens is 1. The lowest BCUT2D eigenvalue weighted by Crippen LogP contribution is -2.29. The van der Waals surface area contributed by atoms with Gasteiger partial charge in [-0.25, -0.2) is 12.8 Å². The Morgan fingerprint density at radius 1 is 1.05 bits per heavy atom. The molecule has 0 aliphatic heterocycles. The molecule has 0 radical (unpaired) electrons. The van der Waals surface area contributed by atoms with Crippen molar-refractivity contribution in [1.29, 1.82) is 0 Å². The molecule has 2 aromatic heterocycles. The Morgan fingerprint density at radius 2 is 1.76 bits per heavy atom. The average molecular weight is 538 g/mol. The number of benzene rings is 2. The molecule has 0 aliphatic rings. The fourth-order valence-electron chi connectivity index (χ4n) is 4.29. The minimum Gasteiger partial charge on any atom is -0.493 e. The van der Waals surface area contributed by atoms with Gasteiger partial charge in [-0.15, -0.1) is 0 Å². The summed E-state index contributed by atoms with van der Waals surface area (Å²) in [6, 6.07) is 15.4. The molecule has 1 N–H and O–H groups in total. The van der Waals surface area contributed by atoms with Gasteiger partial charge < -0.3 is 9.84 Å². The van der Waals surface area contributed by atoms with Gasteiger partial charge in [0.05, 0.1) is 23.7 Å². The molecule has 1 unspecified atom stereocenters. The molecule has 10 heteroatoms. The second-order valence-electron chi connectivity index (χ2n) is 8.76. The number of ether oxygens (including phenoxy) is 1. The summed E-state index contributed by atoms with van der Waals surface area (Å²) in [7, 11) is -2.97. The van der Waals surface area contributed by atoms with E-state index in [1.165, 1.54) is 48.2 Å². The van der Waals surface area contributed by atoms with Crippen molar-refractivity contribution in [2.45, 2.75) is 42.0 Å². The van der Waals surface area contributed by atoms with Crippen molar-refractivity contribution in [3.63, 3.8) is 0 Å². The highest BCUT2D eigenvalue weighted by atomic mass is 32.2.